The topological polar surface area (TPSA) is 67.0 Å². The summed E-state index contributed by atoms with van der Waals surface area (Å²) in [5.74, 6) is 0. The number of fused-ring (bicyclic) bond motifs is 1. The van der Waals surface area contributed by atoms with Gasteiger partial charge in [-0.25, -0.2) is 4.79 Å². The van der Waals surface area contributed by atoms with E-state index in [-0.39, 0.29) is 5.69 Å². The number of nitrogens with zero attached hydrogens (tertiary/aromatic N) is 2. The molecule has 0 saturated carbocycles. The van der Waals surface area contributed by atoms with Crippen LogP contribution in [-0.4, -0.2) is 23.6 Å². The Morgan fingerprint density at radius 2 is 1.80 bits per heavy atom. The Morgan fingerprint density at radius 3 is 2.45 bits per heavy atom. The number of aromatic amines is 1. The van der Waals surface area contributed by atoms with Crippen LogP contribution in [0, 0.1) is 0 Å². The summed E-state index contributed by atoms with van der Waals surface area (Å²) in [4.78, 5) is 17.0. The van der Waals surface area contributed by atoms with Crippen LogP contribution in [0.5, 0.6) is 0 Å². The van der Waals surface area contributed by atoms with E-state index in [1.165, 1.54) is 0 Å². The molecule has 0 bridgehead atoms. The van der Waals surface area contributed by atoms with Gasteiger partial charge >= 0.3 is 5.69 Å². The molecule has 5 heteroatoms. The van der Waals surface area contributed by atoms with Gasteiger partial charge in [0.25, 0.3) is 0 Å². The SMILES string of the molecule is CN(C)c1ccc(-n2c(=O)[nH]c3ccc(N)cc32)cc1. The number of rotatable bonds is 2. The summed E-state index contributed by atoms with van der Waals surface area (Å²) in [6, 6.07) is 13.2. The number of imidazole rings is 1. The minimum absolute atomic E-state index is 0.164. The van der Waals surface area contributed by atoms with Crippen LogP contribution >= 0.6 is 0 Å². The van der Waals surface area contributed by atoms with Gasteiger partial charge in [-0.15, -0.1) is 0 Å². The van der Waals surface area contributed by atoms with Gasteiger partial charge in [-0.2, -0.15) is 0 Å². The fraction of sp³-hybridized carbons (Fsp3) is 0.133. The highest BCUT2D eigenvalue weighted by Gasteiger charge is 2.09. The van der Waals surface area contributed by atoms with Crippen molar-refractivity contribution in [2.45, 2.75) is 0 Å². The van der Waals surface area contributed by atoms with E-state index in [4.69, 9.17) is 5.73 Å². The zero-order valence-corrected chi connectivity index (χ0v) is 11.4. The van der Waals surface area contributed by atoms with Gasteiger partial charge in [0.15, 0.2) is 0 Å². The van der Waals surface area contributed by atoms with Crippen molar-refractivity contribution in [1.82, 2.24) is 9.55 Å². The van der Waals surface area contributed by atoms with E-state index in [0.29, 0.717) is 5.69 Å². The number of nitrogens with two attached hydrogens (primary N) is 1. The summed E-state index contributed by atoms with van der Waals surface area (Å²) < 4.78 is 1.63. The molecule has 0 aliphatic carbocycles. The molecule has 3 rings (SSSR count). The van der Waals surface area contributed by atoms with Gasteiger partial charge < -0.3 is 15.6 Å². The van der Waals surface area contributed by atoms with E-state index in [0.717, 1.165) is 22.4 Å². The Kier molecular flexibility index (Phi) is 2.75. The van der Waals surface area contributed by atoms with E-state index in [1.807, 2.05) is 49.3 Å². The summed E-state index contributed by atoms with van der Waals surface area (Å²) >= 11 is 0. The van der Waals surface area contributed by atoms with Crippen LogP contribution in [0.3, 0.4) is 0 Å². The smallest absolute Gasteiger partial charge is 0.331 e. The largest absolute Gasteiger partial charge is 0.399 e. The van der Waals surface area contributed by atoms with Crippen LogP contribution in [-0.2, 0) is 0 Å². The zero-order chi connectivity index (χ0) is 14.3. The number of aromatic nitrogens is 2. The molecule has 0 amide bonds. The lowest BCUT2D eigenvalue weighted by molar-refractivity contribution is 1.01. The van der Waals surface area contributed by atoms with Gasteiger partial charge in [0.1, 0.15) is 0 Å². The van der Waals surface area contributed by atoms with Crippen LogP contribution < -0.4 is 16.3 Å². The van der Waals surface area contributed by atoms with Crippen molar-refractivity contribution >= 4 is 22.4 Å². The lowest BCUT2D eigenvalue weighted by Crippen LogP contribution is -2.15. The van der Waals surface area contributed by atoms with Crippen LogP contribution in [0.15, 0.2) is 47.3 Å². The monoisotopic (exact) mass is 268 g/mol. The Labute approximate surface area is 116 Å². The number of benzene rings is 2. The van der Waals surface area contributed by atoms with Crippen LogP contribution in [0.25, 0.3) is 16.7 Å². The van der Waals surface area contributed by atoms with Crippen molar-refractivity contribution in [3.05, 3.63) is 52.9 Å². The van der Waals surface area contributed by atoms with Gasteiger partial charge in [-0.1, -0.05) is 0 Å². The lowest BCUT2D eigenvalue weighted by Gasteiger charge is -2.13. The number of nitrogens with one attached hydrogen (secondary N) is 1. The fourth-order valence-electron chi connectivity index (χ4n) is 2.28. The van der Waals surface area contributed by atoms with E-state index in [9.17, 15) is 4.79 Å². The van der Waals surface area contributed by atoms with Gasteiger partial charge in [0, 0.05) is 25.5 Å². The van der Waals surface area contributed by atoms with Crippen LogP contribution in [0.1, 0.15) is 0 Å². The normalized spacial score (nSPS) is 10.9. The molecule has 1 heterocycles. The molecular formula is C15H16N4O. The average molecular weight is 268 g/mol. The maximum atomic E-state index is 12.1. The molecule has 0 radical (unpaired) electrons. The zero-order valence-electron chi connectivity index (χ0n) is 11.4. The molecule has 0 unspecified atom stereocenters. The Hall–Kier alpha value is -2.69. The van der Waals surface area contributed by atoms with Crippen LogP contribution in [0.2, 0.25) is 0 Å². The van der Waals surface area contributed by atoms with Gasteiger partial charge in [-0.05, 0) is 42.5 Å². The van der Waals surface area contributed by atoms with Crippen molar-refractivity contribution < 1.29 is 0 Å². The third-order valence-electron chi connectivity index (χ3n) is 3.33. The van der Waals surface area contributed by atoms with Gasteiger partial charge in [0.2, 0.25) is 0 Å². The number of hydrogen-bond acceptors (Lipinski definition) is 3. The predicted molar refractivity (Wildman–Crippen MR) is 82.6 cm³/mol. The maximum absolute atomic E-state index is 12.1. The molecule has 0 spiro atoms. The van der Waals surface area contributed by atoms with Gasteiger partial charge in [-0.3, -0.25) is 4.57 Å². The highest BCUT2D eigenvalue weighted by molar-refractivity contribution is 5.80. The minimum atomic E-state index is -0.164. The van der Waals surface area contributed by atoms with Gasteiger partial charge in [0.05, 0.1) is 16.7 Å². The highest BCUT2D eigenvalue weighted by atomic mass is 16.1. The summed E-state index contributed by atoms with van der Waals surface area (Å²) in [7, 11) is 3.96. The number of nitrogen functional groups attached to an aromatic ring is 1. The molecule has 2 aromatic carbocycles. The van der Waals surface area contributed by atoms with E-state index < -0.39 is 0 Å². The first-order chi connectivity index (χ1) is 9.56. The number of anilines is 2. The summed E-state index contributed by atoms with van der Waals surface area (Å²) in [6.45, 7) is 0. The second-order valence-corrected chi connectivity index (χ2v) is 4.95. The molecule has 102 valence electrons. The molecular weight excluding hydrogens is 252 g/mol. The van der Waals surface area contributed by atoms with E-state index in [2.05, 4.69) is 4.98 Å². The Bertz CT molecular complexity index is 812. The molecule has 20 heavy (non-hydrogen) atoms. The molecule has 5 nitrogen and oxygen atoms in total. The molecule has 0 fully saturated rings. The second-order valence-electron chi connectivity index (χ2n) is 4.95. The average Bonchev–Trinajstić information content (AvgIpc) is 2.74. The van der Waals surface area contributed by atoms with E-state index in [1.54, 1.807) is 16.7 Å². The molecule has 0 aliphatic rings. The first-order valence-corrected chi connectivity index (χ1v) is 6.34. The predicted octanol–water partition coefficient (Wildman–Crippen LogP) is 1.97. The third-order valence-corrected chi connectivity index (χ3v) is 3.33. The van der Waals surface area contributed by atoms with E-state index >= 15 is 0 Å². The third kappa shape index (κ3) is 1.93. The van der Waals surface area contributed by atoms with Crippen LogP contribution in [0.4, 0.5) is 11.4 Å². The van der Waals surface area contributed by atoms with Crippen molar-refractivity contribution in [2.75, 3.05) is 24.7 Å². The van der Waals surface area contributed by atoms with Crippen molar-refractivity contribution in [1.29, 1.82) is 0 Å². The molecule has 3 N–H and O–H groups in total. The minimum Gasteiger partial charge on any atom is -0.399 e. The lowest BCUT2D eigenvalue weighted by atomic mass is 10.2. The van der Waals surface area contributed by atoms with Crippen molar-refractivity contribution in [2.24, 2.45) is 0 Å². The summed E-state index contributed by atoms with van der Waals surface area (Å²) in [6.07, 6.45) is 0. The summed E-state index contributed by atoms with van der Waals surface area (Å²) in [5, 5.41) is 0. The number of H-pyrrole nitrogens is 1. The molecule has 1 aromatic heterocycles. The molecule has 3 aromatic rings. The first-order valence-electron chi connectivity index (χ1n) is 6.34. The van der Waals surface area contributed by atoms with Crippen molar-refractivity contribution in [3.63, 3.8) is 0 Å². The highest BCUT2D eigenvalue weighted by Crippen LogP contribution is 2.20. The van der Waals surface area contributed by atoms with Crippen molar-refractivity contribution in [3.8, 4) is 5.69 Å². The second kappa shape index (κ2) is 4.45. The Morgan fingerprint density at radius 1 is 1.10 bits per heavy atom. The fourth-order valence-corrected chi connectivity index (χ4v) is 2.28. The quantitative estimate of drug-likeness (QED) is 0.698. The molecule has 0 saturated heterocycles. The number of hydrogen-bond donors (Lipinski definition) is 2. The molecule has 0 aliphatic heterocycles. The first kappa shape index (κ1) is 12.3. The maximum Gasteiger partial charge on any atom is 0.331 e. The standard InChI is InChI=1S/C15H16N4O/c1-18(2)11-4-6-12(7-5-11)19-14-9-10(16)3-8-13(14)17-15(19)20/h3-9H,16H2,1-2H3,(H,17,20). The molecule has 0 atom stereocenters. The summed E-state index contributed by atoms with van der Waals surface area (Å²) in [5.41, 5.74) is 9.74. The Balaban J connectivity index is 2.21.